The molecule has 4 rings (SSSR count). The average Bonchev–Trinajstić information content (AvgIpc) is 3.24. The number of rotatable bonds is 6. The molecule has 0 radical (unpaired) electrons. The van der Waals surface area contributed by atoms with E-state index in [1.54, 1.807) is 0 Å². The van der Waals surface area contributed by atoms with E-state index in [0.29, 0.717) is 16.9 Å². The van der Waals surface area contributed by atoms with Crippen molar-refractivity contribution in [2.45, 2.75) is 30.7 Å². The van der Waals surface area contributed by atoms with E-state index >= 15 is 0 Å². The lowest BCUT2D eigenvalue weighted by Gasteiger charge is -2.10. The third-order valence-corrected chi connectivity index (χ3v) is 5.13. The zero-order valence-electron chi connectivity index (χ0n) is 15.6. The van der Waals surface area contributed by atoms with Crippen LogP contribution in [0.4, 0.5) is 0 Å². The topological polar surface area (TPSA) is 77.6 Å². The number of thioether (sulfide) groups is 1. The van der Waals surface area contributed by atoms with Crippen LogP contribution in [0.3, 0.4) is 0 Å². The van der Waals surface area contributed by atoms with Gasteiger partial charge in [0, 0.05) is 17.5 Å². The van der Waals surface area contributed by atoms with E-state index in [1.165, 1.54) is 11.8 Å². The molecule has 0 spiro atoms. The van der Waals surface area contributed by atoms with E-state index in [1.807, 2.05) is 74.5 Å². The molecule has 0 bridgehead atoms. The molecule has 0 amide bonds. The molecule has 1 atom stereocenters. The van der Waals surface area contributed by atoms with Gasteiger partial charge >= 0.3 is 0 Å². The fourth-order valence-electron chi connectivity index (χ4n) is 2.73. The highest BCUT2D eigenvalue weighted by Crippen LogP contribution is 2.34. The van der Waals surface area contributed by atoms with E-state index in [2.05, 4.69) is 20.3 Å². The third kappa shape index (κ3) is 3.94. The predicted octanol–water partition coefficient (Wildman–Crippen LogP) is 5.00. The molecule has 0 saturated carbocycles. The first kappa shape index (κ1) is 18.3. The molecule has 140 valence electrons. The summed E-state index contributed by atoms with van der Waals surface area (Å²) in [5, 5.41) is 13.3. The molecular formula is C21H19N5OS. The zero-order chi connectivity index (χ0) is 19.3. The maximum Gasteiger partial charge on any atom is 0.239 e. The average molecular weight is 389 g/mol. The standard InChI is InChI=1S/C21H19N5OS/c1-3-17-22-20(27-26-17)14(2)28-21-23-18(15-10-6-4-7-11-15)19(24-25-21)16-12-8-5-9-13-16/h4-14H,3H2,1-2H3. The van der Waals surface area contributed by atoms with E-state index in [-0.39, 0.29) is 5.25 Å². The molecule has 0 aliphatic rings. The van der Waals surface area contributed by atoms with Crippen LogP contribution in [0.15, 0.2) is 70.3 Å². The Labute approximate surface area is 167 Å². The van der Waals surface area contributed by atoms with E-state index in [4.69, 9.17) is 9.51 Å². The van der Waals surface area contributed by atoms with Crippen LogP contribution in [0.1, 0.15) is 30.8 Å². The maximum absolute atomic E-state index is 5.34. The van der Waals surface area contributed by atoms with Gasteiger partial charge in [-0.2, -0.15) is 4.98 Å². The lowest BCUT2D eigenvalue weighted by Crippen LogP contribution is -2.00. The highest BCUT2D eigenvalue weighted by atomic mass is 32.2. The van der Waals surface area contributed by atoms with Crippen molar-refractivity contribution >= 4 is 11.8 Å². The molecule has 2 aromatic carbocycles. The van der Waals surface area contributed by atoms with Gasteiger partial charge in [-0.25, -0.2) is 4.98 Å². The second-order valence-electron chi connectivity index (χ2n) is 6.19. The van der Waals surface area contributed by atoms with Gasteiger partial charge in [0.15, 0.2) is 5.82 Å². The Morgan fingerprint density at radius 3 is 2.11 bits per heavy atom. The SMILES string of the molecule is CCc1noc(C(C)Sc2nnc(-c3ccccc3)c(-c3ccccc3)n2)n1. The highest BCUT2D eigenvalue weighted by molar-refractivity contribution is 7.99. The Hall–Kier alpha value is -3.06. The van der Waals surface area contributed by atoms with E-state index in [0.717, 1.165) is 28.9 Å². The quantitative estimate of drug-likeness (QED) is 0.429. The lowest BCUT2D eigenvalue weighted by atomic mass is 10.0. The second kappa shape index (κ2) is 8.31. The van der Waals surface area contributed by atoms with Crippen molar-refractivity contribution < 1.29 is 4.52 Å². The van der Waals surface area contributed by atoms with Gasteiger partial charge in [0.2, 0.25) is 11.0 Å². The fraction of sp³-hybridized carbons (Fsp3) is 0.190. The normalized spacial score (nSPS) is 12.1. The largest absolute Gasteiger partial charge is 0.338 e. The van der Waals surface area contributed by atoms with E-state index < -0.39 is 0 Å². The van der Waals surface area contributed by atoms with Crippen molar-refractivity contribution in [3.05, 3.63) is 72.4 Å². The first-order valence-electron chi connectivity index (χ1n) is 9.09. The van der Waals surface area contributed by atoms with Crippen molar-refractivity contribution in [1.29, 1.82) is 0 Å². The summed E-state index contributed by atoms with van der Waals surface area (Å²) in [6, 6.07) is 20.0. The molecule has 28 heavy (non-hydrogen) atoms. The molecule has 0 aliphatic carbocycles. The smallest absolute Gasteiger partial charge is 0.239 e. The van der Waals surface area contributed by atoms with Gasteiger partial charge < -0.3 is 4.52 Å². The van der Waals surface area contributed by atoms with Crippen LogP contribution in [0.25, 0.3) is 22.5 Å². The van der Waals surface area contributed by atoms with Crippen molar-refractivity contribution in [1.82, 2.24) is 25.3 Å². The van der Waals surface area contributed by atoms with Crippen LogP contribution in [0.2, 0.25) is 0 Å². The van der Waals surface area contributed by atoms with Gasteiger partial charge in [0.1, 0.15) is 11.4 Å². The summed E-state index contributed by atoms with van der Waals surface area (Å²) < 4.78 is 5.34. The van der Waals surface area contributed by atoms with Gasteiger partial charge in [-0.15, -0.1) is 10.2 Å². The van der Waals surface area contributed by atoms with Crippen LogP contribution >= 0.6 is 11.8 Å². The van der Waals surface area contributed by atoms with Crippen molar-refractivity contribution in [3.63, 3.8) is 0 Å². The minimum atomic E-state index is -0.0687. The summed E-state index contributed by atoms with van der Waals surface area (Å²) in [6.45, 7) is 3.99. The minimum Gasteiger partial charge on any atom is -0.338 e. The van der Waals surface area contributed by atoms with Crippen LogP contribution in [0.5, 0.6) is 0 Å². The Kier molecular flexibility index (Phi) is 5.43. The Morgan fingerprint density at radius 2 is 1.50 bits per heavy atom. The summed E-state index contributed by atoms with van der Waals surface area (Å²) in [5.74, 6) is 1.27. The molecule has 0 N–H and O–H groups in total. The summed E-state index contributed by atoms with van der Waals surface area (Å²) in [7, 11) is 0. The third-order valence-electron chi connectivity index (χ3n) is 4.19. The molecule has 7 heteroatoms. The van der Waals surface area contributed by atoms with Crippen LogP contribution in [-0.2, 0) is 6.42 Å². The second-order valence-corrected chi connectivity index (χ2v) is 7.49. The number of aromatic nitrogens is 5. The van der Waals surface area contributed by atoms with Gasteiger partial charge in [0.25, 0.3) is 0 Å². The minimum absolute atomic E-state index is 0.0687. The molecule has 4 aromatic rings. The molecule has 0 aliphatic heterocycles. The van der Waals surface area contributed by atoms with E-state index in [9.17, 15) is 0 Å². The molecule has 2 aromatic heterocycles. The first-order valence-corrected chi connectivity index (χ1v) is 9.97. The molecule has 6 nitrogen and oxygen atoms in total. The highest BCUT2D eigenvalue weighted by Gasteiger charge is 2.19. The van der Waals surface area contributed by atoms with Gasteiger partial charge in [-0.05, 0) is 6.92 Å². The molecular weight excluding hydrogens is 370 g/mol. The van der Waals surface area contributed by atoms with Gasteiger partial charge in [-0.1, -0.05) is 84.5 Å². The zero-order valence-corrected chi connectivity index (χ0v) is 16.4. The molecule has 0 saturated heterocycles. The first-order chi connectivity index (χ1) is 13.7. The monoisotopic (exact) mass is 389 g/mol. The fourth-order valence-corrected chi connectivity index (χ4v) is 3.48. The summed E-state index contributed by atoms with van der Waals surface area (Å²) in [4.78, 5) is 9.21. The Morgan fingerprint density at radius 1 is 0.857 bits per heavy atom. The number of hydrogen-bond donors (Lipinski definition) is 0. The molecule has 0 fully saturated rings. The summed E-state index contributed by atoms with van der Waals surface area (Å²) in [6.07, 6.45) is 0.739. The van der Waals surface area contributed by atoms with Crippen molar-refractivity contribution in [2.24, 2.45) is 0 Å². The van der Waals surface area contributed by atoms with Gasteiger partial charge in [-0.3, -0.25) is 0 Å². The van der Waals surface area contributed by atoms with Crippen molar-refractivity contribution in [2.75, 3.05) is 0 Å². The molecule has 2 heterocycles. The van der Waals surface area contributed by atoms with Crippen LogP contribution in [-0.4, -0.2) is 25.3 Å². The number of aryl methyl sites for hydroxylation is 1. The Balaban J connectivity index is 1.70. The molecule has 1 unspecified atom stereocenters. The van der Waals surface area contributed by atoms with Crippen molar-refractivity contribution in [3.8, 4) is 22.5 Å². The van der Waals surface area contributed by atoms with Crippen LogP contribution < -0.4 is 0 Å². The predicted molar refractivity (Wildman–Crippen MR) is 109 cm³/mol. The Bertz CT molecular complexity index is 1050. The summed E-state index contributed by atoms with van der Waals surface area (Å²) >= 11 is 1.45. The number of hydrogen-bond acceptors (Lipinski definition) is 7. The van der Waals surface area contributed by atoms with Gasteiger partial charge in [0.05, 0.1) is 5.25 Å². The summed E-state index contributed by atoms with van der Waals surface area (Å²) in [5.41, 5.74) is 3.54. The maximum atomic E-state index is 5.34. The lowest BCUT2D eigenvalue weighted by molar-refractivity contribution is 0.375. The van der Waals surface area contributed by atoms with Crippen LogP contribution in [0, 0.1) is 0 Å². The number of nitrogens with zero attached hydrogens (tertiary/aromatic N) is 5. The number of benzene rings is 2.